The maximum absolute atomic E-state index is 12.4. The van der Waals surface area contributed by atoms with E-state index >= 15 is 0 Å². The molecule has 0 saturated heterocycles. The van der Waals surface area contributed by atoms with Crippen LogP contribution in [0.3, 0.4) is 0 Å². The van der Waals surface area contributed by atoms with Gasteiger partial charge in [-0.3, -0.25) is 4.98 Å². The minimum atomic E-state index is -0.377. The molecule has 0 radical (unpaired) electrons. The van der Waals surface area contributed by atoms with Crippen LogP contribution in [0.2, 0.25) is 0 Å². The molecule has 0 bridgehead atoms. The van der Waals surface area contributed by atoms with E-state index in [1.165, 1.54) is 53.0 Å². The van der Waals surface area contributed by atoms with Crippen molar-refractivity contribution < 1.29 is 28.7 Å². The van der Waals surface area contributed by atoms with Crippen molar-refractivity contribution in [3.05, 3.63) is 125 Å². The Morgan fingerprint density at radius 2 is 0.986 bits per heavy atom. The number of fused-ring (bicyclic) bond motifs is 9. The molecule has 0 spiro atoms. The first-order valence-electron chi connectivity index (χ1n) is 24.6. The van der Waals surface area contributed by atoms with E-state index in [0.717, 1.165) is 117 Å². The van der Waals surface area contributed by atoms with E-state index in [4.69, 9.17) is 24.0 Å². The fourth-order valence-corrected chi connectivity index (χ4v) is 10.1. The van der Waals surface area contributed by atoms with Crippen molar-refractivity contribution in [2.45, 2.75) is 112 Å². The second-order valence-electron chi connectivity index (χ2n) is 17.2. The lowest BCUT2D eigenvalue weighted by Crippen LogP contribution is -2.08. The fraction of sp³-hybridized carbons (Fsp3) is 0.368. The third kappa shape index (κ3) is 13.0. The first-order chi connectivity index (χ1) is 34.5. The SMILES string of the molecule is BrCCCCCCBr.CCOC(=O)c1cc2c([nH]c3ccccc32)c(C)n1.CCOC(=O)c1cc2c3ccccc3n(CCCCCCn3c4ccccc4c4cc(CC)nc(C)c43)c2c(C)n1.O=C=O. The highest BCUT2D eigenvalue weighted by Crippen LogP contribution is 2.34. The van der Waals surface area contributed by atoms with Gasteiger partial charge in [-0.2, -0.15) is 9.59 Å². The number of unbranched alkanes of at least 4 members (excludes halogenated alkanes) is 6. The van der Waals surface area contributed by atoms with Crippen LogP contribution in [-0.4, -0.2) is 71.0 Å². The molecule has 3 aromatic carbocycles. The van der Waals surface area contributed by atoms with Gasteiger partial charge < -0.3 is 23.6 Å². The lowest BCUT2D eigenvalue weighted by molar-refractivity contribution is -0.191. The van der Waals surface area contributed by atoms with E-state index in [1.807, 2.05) is 51.1 Å². The van der Waals surface area contributed by atoms with Gasteiger partial charge in [-0.15, -0.1) is 0 Å². The van der Waals surface area contributed by atoms with Gasteiger partial charge in [0.05, 0.1) is 46.8 Å². The Morgan fingerprint density at radius 3 is 1.49 bits per heavy atom. The number of esters is 2. The van der Waals surface area contributed by atoms with Crippen LogP contribution in [0.5, 0.6) is 0 Å². The van der Waals surface area contributed by atoms with E-state index in [-0.39, 0.29) is 18.1 Å². The Morgan fingerprint density at radius 1 is 0.549 bits per heavy atom. The van der Waals surface area contributed by atoms with Crippen molar-refractivity contribution in [2.75, 3.05) is 23.9 Å². The van der Waals surface area contributed by atoms with E-state index in [2.05, 4.69) is 124 Å². The normalized spacial score (nSPS) is 11.0. The number of pyridine rings is 3. The number of nitrogens with one attached hydrogen (secondary N) is 1. The summed E-state index contributed by atoms with van der Waals surface area (Å²) >= 11 is 6.78. The number of hydrogen-bond donors (Lipinski definition) is 1. The molecule has 0 unspecified atom stereocenters. The van der Waals surface area contributed by atoms with Crippen LogP contribution in [0.15, 0.2) is 91.0 Å². The standard InChI is InChI=1S/C35H38N4O2.C15H14N2O2.C6H12Br2.CO2/c1-5-25-21-28-26-15-9-11-17-31(26)38(33(28)23(3)36-25)19-13-7-8-14-20-39-32-18-12-10-16-27(32)29-22-30(35(40)41-6-2)37-24(4)34(29)39;1-3-19-15(18)13-8-11-10-6-4-5-7-12(10)17-14(11)9(2)16-13;7-5-3-1-2-4-6-8;2-1-3/h9-12,15-18,21-22H,5-8,13-14,19-20H2,1-4H3;4-8,17H,3H2,1-2H3;1-6H2;. The van der Waals surface area contributed by atoms with E-state index in [1.54, 1.807) is 13.0 Å². The number of rotatable bonds is 17. The highest BCUT2D eigenvalue weighted by atomic mass is 79.9. The molecule has 14 heteroatoms. The molecule has 6 aromatic heterocycles. The average Bonchev–Trinajstić information content (AvgIpc) is 4.03. The number of hydrogen-bond acceptors (Lipinski definition) is 9. The summed E-state index contributed by atoms with van der Waals surface area (Å²) in [5.74, 6) is -0.743. The number of aromatic amines is 1. The van der Waals surface area contributed by atoms with Crippen LogP contribution in [0.1, 0.15) is 116 Å². The number of aryl methyl sites for hydroxylation is 6. The molecule has 12 nitrogen and oxygen atoms in total. The first kappa shape index (κ1) is 54.1. The number of para-hydroxylation sites is 3. The maximum atomic E-state index is 12.4. The molecule has 71 heavy (non-hydrogen) atoms. The quantitative estimate of drug-likeness (QED) is 0.0534. The zero-order chi connectivity index (χ0) is 50.9. The number of halogens is 2. The molecule has 1 N–H and O–H groups in total. The summed E-state index contributed by atoms with van der Waals surface area (Å²) in [5, 5.41) is 9.29. The predicted octanol–water partition coefficient (Wildman–Crippen LogP) is 14.3. The first-order valence-corrected chi connectivity index (χ1v) is 26.9. The van der Waals surface area contributed by atoms with Crippen molar-refractivity contribution >= 4 is 115 Å². The molecule has 0 atom stereocenters. The number of benzene rings is 3. The van der Waals surface area contributed by atoms with Gasteiger partial charge in [-0.1, -0.05) is 119 Å². The summed E-state index contributed by atoms with van der Waals surface area (Å²) in [4.78, 5) is 57.6. The molecule has 0 aliphatic heterocycles. The van der Waals surface area contributed by atoms with Crippen LogP contribution in [0.4, 0.5) is 0 Å². The Labute approximate surface area is 432 Å². The smallest absolute Gasteiger partial charge is 0.373 e. The summed E-state index contributed by atoms with van der Waals surface area (Å²) in [6, 6.07) is 31.2. The van der Waals surface area contributed by atoms with Crippen molar-refractivity contribution in [3.8, 4) is 0 Å². The molecular formula is C57H64Br2N6O6. The predicted molar refractivity (Wildman–Crippen MR) is 293 cm³/mol. The minimum Gasteiger partial charge on any atom is -0.461 e. The Kier molecular flexibility index (Phi) is 20.5. The molecule has 372 valence electrons. The Bertz CT molecular complexity index is 3270. The second-order valence-corrected chi connectivity index (χ2v) is 18.8. The van der Waals surface area contributed by atoms with Crippen LogP contribution in [-0.2, 0) is 38.6 Å². The van der Waals surface area contributed by atoms with Crippen LogP contribution in [0, 0.1) is 20.8 Å². The van der Waals surface area contributed by atoms with Crippen LogP contribution in [0.25, 0.3) is 65.4 Å². The van der Waals surface area contributed by atoms with Crippen molar-refractivity contribution in [2.24, 2.45) is 0 Å². The molecule has 9 aromatic rings. The van der Waals surface area contributed by atoms with Crippen LogP contribution >= 0.6 is 31.9 Å². The summed E-state index contributed by atoms with van der Waals surface area (Å²) in [7, 11) is 0. The summed E-state index contributed by atoms with van der Waals surface area (Å²) in [6.45, 7) is 14.4. The van der Waals surface area contributed by atoms with Crippen molar-refractivity contribution in [3.63, 3.8) is 0 Å². The number of ether oxygens (including phenoxy) is 2. The number of aromatic nitrogens is 6. The summed E-state index contributed by atoms with van der Waals surface area (Å²) < 4.78 is 15.1. The molecule has 6 heterocycles. The lowest BCUT2D eigenvalue weighted by Gasteiger charge is -2.11. The number of alkyl halides is 2. The van der Waals surface area contributed by atoms with E-state index in [0.29, 0.717) is 24.6 Å². The molecular weight excluding hydrogens is 1020 g/mol. The zero-order valence-corrected chi connectivity index (χ0v) is 44.9. The molecule has 0 amide bonds. The minimum absolute atomic E-state index is 0.250. The third-order valence-corrected chi connectivity index (χ3v) is 13.6. The summed E-state index contributed by atoms with van der Waals surface area (Å²) in [5.41, 5.74) is 11.6. The van der Waals surface area contributed by atoms with Gasteiger partial charge in [0, 0.05) is 78.3 Å². The highest BCUT2D eigenvalue weighted by molar-refractivity contribution is 9.09. The number of carbonyl (C=O) groups excluding carboxylic acids is 4. The van der Waals surface area contributed by atoms with Gasteiger partial charge in [0.1, 0.15) is 11.4 Å². The Hall–Kier alpha value is -6.21. The molecule has 0 saturated carbocycles. The van der Waals surface area contributed by atoms with Crippen molar-refractivity contribution in [1.82, 2.24) is 29.1 Å². The number of carbonyl (C=O) groups is 2. The Balaban J connectivity index is 0.000000226. The molecule has 0 fully saturated rings. The lowest BCUT2D eigenvalue weighted by atomic mass is 10.1. The third-order valence-electron chi connectivity index (χ3n) is 12.4. The monoisotopic (exact) mass is 1090 g/mol. The van der Waals surface area contributed by atoms with Crippen LogP contribution < -0.4 is 0 Å². The molecule has 0 aliphatic rings. The number of H-pyrrole nitrogens is 1. The number of nitrogens with zero attached hydrogens (tertiary/aromatic N) is 5. The molecule has 0 aliphatic carbocycles. The van der Waals surface area contributed by atoms with Gasteiger partial charge in [0.2, 0.25) is 0 Å². The van der Waals surface area contributed by atoms with E-state index in [9.17, 15) is 9.59 Å². The van der Waals surface area contributed by atoms with Gasteiger partial charge in [0.25, 0.3) is 0 Å². The zero-order valence-electron chi connectivity index (χ0n) is 41.7. The highest BCUT2D eigenvalue weighted by Gasteiger charge is 2.19. The van der Waals surface area contributed by atoms with E-state index < -0.39 is 0 Å². The van der Waals surface area contributed by atoms with Gasteiger partial charge >= 0.3 is 18.1 Å². The average molecular weight is 1090 g/mol. The topological polar surface area (TPSA) is 151 Å². The van der Waals surface area contributed by atoms with Gasteiger partial charge in [0.15, 0.2) is 0 Å². The van der Waals surface area contributed by atoms with Gasteiger partial charge in [-0.25, -0.2) is 19.6 Å². The maximum Gasteiger partial charge on any atom is 0.373 e. The fourth-order valence-electron chi connectivity index (χ4n) is 9.31. The summed E-state index contributed by atoms with van der Waals surface area (Å²) in [6.07, 6.45) is 11.1. The van der Waals surface area contributed by atoms with Crippen molar-refractivity contribution in [1.29, 1.82) is 0 Å². The second kappa shape index (κ2) is 26.8. The largest absolute Gasteiger partial charge is 0.461 e. The molecule has 9 rings (SSSR count). The van der Waals surface area contributed by atoms with Gasteiger partial charge in [-0.05, 0) is 103 Å².